The second-order valence-electron chi connectivity index (χ2n) is 2.67. The highest BCUT2D eigenvalue weighted by Crippen LogP contribution is 2.25. The number of hydrogen-bond donors (Lipinski definition) is 0. The van der Waals surface area contributed by atoms with Crippen molar-refractivity contribution in [3.8, 4) is 5.75 Å². The molecule has 0 bridgehead atoms. The monoisotopic (exact) mass is 342 g/mol. The second-order valence-corrected chi connectivity index (χ2v) is 5.66. The fraction of sp³-hybridized carbons (Fsp3) is 0.250. The molecule has 0 amide bonds. The van der Waals surface area contributed by atoms with Crippen LogP contribution in [0.25, 0.3) is 0 Å². The van der Waals surface area contributed by atoms with Crippen molar-refractivity contribution in [2.75, 3.05) is 6.26 Å². The van der Waals surface area contributed by atoms with Crippen LogP contribution in [0.2, 0.25) is 0 Å². The van der Waals surface area contributed by atoms with Crippen LogP contribution in [-0.2, 0) is 15.4 Å². The lowest BCUT2D eigenvalue weighted by Gasteiger charge is -2.05. The van der Waals surface area contributed by atoms with Crippen molar-refractivity contribution in [2.24, 2.45) is 0 Å². The van der Waals surface area contributed by atoms with Gasteiger partial charge in [0.15, 0.2) is 0 Å². The van der Waals surface area contributed by atoms with E-state index in [4.69, 9.17) is 4.18 Å². The number of halogens is 2. The molecule has 6 heteroatoms. The average molecular weight is 344 g/mol. The van der Waals surface area contributed by atoms with Gasteiger partial charge in [-0.25, -0.2) is 0 Å². The molecule has 14 heavy (non-hydrogen) atoms. The van der Waals surface area contributed by atoms with Crippen molar-refractivity contribution < 1.29 is 12.6 Å². The van der Waals surface area contributed by atoms with Gasteiger partial charge in [-0.1, -0.05) is 31.9 Å². The normalized spacial score (nSPS) is 11.4. The largest absolute Gasteiger partial charge is 0.383 e. The van der Waals surface area contributed by atoms with Gasteiger partial charge >= 0.3 is 10.1 Å². The maximum Gasteiger partial charge on any atom is 0.306 e. The van der Waals surface area contributed by atoms with Crippen LogP contribution >= 0.6 is 31.9 Å². The SMILES string of the molecule is CS(=O)(=O)Oc1ccc(Br)c(CBr)c1. The lowest BCUT2D eigenvalue weighted by atomic mass is 10.2. The minimum absolute atomic E-state index is 0.324. The topological polar surface area (TPSA) is 43.4 Å². The Bertz CT molecular complexity index is 428. The first-order valence-corrected chi connectivity index (χ1v) is 7.39. The molecule has 1 aromatic carbocycles. The van der Waals surface area contributed by atoms with Gasteiger partial charge in [0.2, 0.25) is 0 Å². The molecule has 0 saturated heterocycles. The summed E-state index contributed by atoms with van der Waals surface area (Å²) in [6.07, 6.45) is 1.02. The number of hydrogen-bond acceptors (Lipinski definition) is 3. The van der Waals surface area contributed by atoms with Crippen LogP contribution in [0.1, 0.15) is 5.56 Å². The van der Waals surface area contributed by atoms with E-state index in [1.807, 2.05) is 0 Å². The van der Waals surface area contributed by atoms with Crippen molar-refractivity contribution in [1.82, 2.24) is 0 Å². The number of benzene rings is 1. The standard InChI is InChI=1S/C8H8Br2O3S/c1-14(11,12)13-7-2-3-8(10)6(4-7)5-9/h2-4H,5H2,1H3. The van der Waals surface area contributed by atoms with Gasteiger partial charge in [-0.3, -0.25) is 0 Å². The maximum atomic E-state index is 10.8. The van der Waals surface area contributed by atoms with Gasteiger partial charge in [0, 0.05) is 9.80 Å². The molecule has 1 aromatic rings. The first-order valence-electron chi connectivity index (χ1n) is 3.66. The average Bonchev–Trinajstić information content (AvgIpc) is 2.06. The van der Waals surface area contributed by atoms with Crippen LogP contribution < -0.4 is 4.18 Å². The van der Waals surface area contributed by atoms with E-state index in [0.29, 0.717) is 11.1 Å². The third-order valence-electron chi connectivity index (χ3n) is 1.41. The second kappa shape index (κ2) is 4.63. The Morgan fingerprint density at radius 3 is 2.57 bits per heavy atom. The summed E-state index contributed by atoms with van der Waals surface area (Å²) in [4.78, 5) is 0. The highest BCUT2D eigenvalue weighted by molar-refractivity contribution is 9.10. The highest BCUT2D eigenvalue weighted by Gasteiger charge is 2.06. The van der Waals surface area contributed by atoms with E-state index >= 15 is 0 Å². The zero-order chi connectivity index (χ0) is 10.8. The van der Waals surface area contributed by atoms with Crippen molar-refractivity contribution in [2.45, 2.75) is 5.33 Å². The summed E-state index contributed by atoms with van der Waals surface area (Å²) >= 11 is 6.62. The Kier molecular flexibility index (Phi) is 3.97. The van der Waals surface area contributed by atoms with E-state index in [1.54, 1.807) is 18.2 Å². The fourth-order valence-electron chi connectivity index (χ4n) is 0.880. The van der Waals surface area contributed by atoms with Crippen LogP contribution in [0, 0.1) is 0 Å². The van der Waals surface area contributed by atoms with E-state index in [9.17, 15) is 8.42 Å². The molecule has 3 nitrogen and oxygen atoms in total. The van der Waals surface area contributed by atoms with Gasteiger partial charge in [-0.05, 0) is 23.8 Å². The highest BCUT2D eigenvalue weighted by atomic mass is 79.9. The number of alkyl halides is 1. The molecule has 78 valence electrons. The third kappa shape index (κ3) is 3.59. The van der Waals surface area contributed by atoms with Gasteiger partial charge in [0.1, 0.15) is 5.75 Å². The zero-order valence-electron chi connectivity index (χ0n) is 7.33. The molecule has 0 N–H and O–H groups in total. The maximum absolute atomic E-state index is 10.8. The van der Waals surface area contributed by atoms with Gasteiger partial charge in [0.25, 0.3) is 0 Å². The number of rotatable bonds is 3. The van der Waals surface area contributed by atoms with Gasteiger partial charge in [-0.15, -0.1) is 0 Å². The van der Waals surface area contributed by atoms with Crippen LogP contribution in [0.15, 0.2) is 22.7 Å². The predicted molar refractivity (Wildman–Crippen MR) is 62.2 cm³/mol. The minimum atomic E-state index is -3.45. The molecular formula is C8H8Br2O3S. The summed E-state index contributed by atoms with van der Waals surface area (Å²) in [6.45, 7) is 0. The van der Waals surface area contributed by atoms with E-state index in [0.717, 1.165) is 16.3 Å². The molecule has 0 aromatic heterocycles. The molecule has 1 rings (SSSR count). The Labute approximate surface area is 99.8 Å². The lowest BCUT2D eigenvalue weighted by molar-refractivity contribution is 0.493. The van der Waals surface area contributed by atoms with Crippen molar-refractivity contribution in [1.29, 1.82) is 0 Å². The summed E-state index contributed by atoms with van der Waals surface area (Å²) < 4.78 is 27.3. The van der Waals surface area contributed by atoms with Gasteiger partial charge < -0.3 is 4.18 Å². The molecule has 0 spiro atoms. The van der Waals surface area contributed by atoms with Gasteiger partial charge in [0.05, 0.1) is 6.26 Å². The van der Waals surface area contributed by atoms with E-state index in [-0.39, 0.29) is 0 Å². The first kappa shape index (κ1) is 12.0. The summed E-state index contributed by atoms with van der Waals surface area (Å²) in [5.41, 5.74) is 0.936. The third-order valence-corrected chi connectivity index (χ3v) is 3.28. The van der Waals surface area contributed by atoms with Crippen molar-refractivity contribution >= 4 is 42.0 Å². The van der Waals surface area contributed by atoms with E-state index in [1.165, 1.54) is 0 Å². The Morgan fingerprint density at radius 1 is 1.43 bits per heavy atom. The lowest BCUT2D eigenvalue weighted by Crippen LogP contribution is -2.05. The van der Waals surface area contributed by atoms with Gasteiger partial charge in [-0.2, -0.15) is 8.42 Å². The molecular weight excluding hydrogens is 336 g/mol. The van der Waals surface area contributed by atoms with E-state index in [2.05, 4.69) is 31.9 Å². The summed E-state index contributed by atoms with van der Waals surface area (Å²) in [6, 6.07) is 5.01. The Balaban J connectivity index is 3.01. The quantitative estimate of drug-likeness (QED) is 0.626. The zero-order valence-corrected chi connectivity index (χ0v) is 11.3. The first-order chi connectivity index (χ1) is 6.42. The molecule has 0 atom stereocenters. The summed E-state index contributed by atoms with van der Waals surface area (Å²) in [5, 5.41) is 0.633. The summed E-state index contributed by atoms with van der Waals surface area (Å²) in [7, 11) is -3.45. The molecule has 0 aliphatic heterocycles. The fourth-order valence-corrected chi connectivity index (χ4v) is 2.56. The van der Waals surface area contributed by atoms with E-state index < -0.39 is 10.1 Å². The van der Waals surface area contributed by atoms with Crippen LogP contribution in [0.3, 0.4) is 0 Å². The molecule has 0 unspecified atom stereocenters. The van der Waals surface area contributed by atoms with Crippen LogP contribution in [0.4, 0.5) is 0 Å². The minimum Gasteiger partial charge on any atom is -0.383 e. The van der Waals surface area contributed by atoms with Crippen LogP contribution in [0.5, 0.6) is 5.75 Å². The van der Waals surface area contributed by atoms with Crippen molar-refractivity contribution in [3.63, 3.8) is 0 Å². The predicted octanol–water partition coefficient (Wildman–Crippen LogP) is 2.68. The molecule has 0 aliphatic carbocycles. The smallest absolute Gasteiger partial charge is 0.306 e. The molecule has 0 radical (unpaired) electrons. The Hall–Kier alpha value is -0.0700. The molecule has 0 saturated carbocycles. The molecule has 0 fully saturated rings. The molecule has 0 aliphatic rings. The molecule has 0 heterocycles. The Morgan fingerprint density at radius 2 is 2.07 bits per heavy atom. The van der Waals surface area contributed by atoms with Crippen molar-refractivity contribution in [3.05, 3.63) is 28.2 Å². The van der Waals surface area contributed by atoms with Crippen LogP contribution in [-0.4, -0.2) is 14.7 Å². The summed E-state index contributed by atoms with van der Waals surface area (Å²) in [5.74, 6) is 0.324.